The molecule has 1 fully saturated rings. The number of benzene rings is 2. The summed E-state index contributed by atoms with van der Waals surface area (Å²) in [5.41, 5.74) is 8.22. The lowest BCUT2D eigenvalue weighted by Gasteiger charge is -2.33. The van der Waals surface area contributed by atoms with Crippen LogP contribution in [-0.2, 0) is 19.1 Å². The van der Waals surface area contributed by atoms with E-state index >= 15 is 0 Å². The lowest BCUT2D eigenvalue weighted by Crippen LogP contribution is -2.44. The summed E-state index contributed by atoms with van der Waals surface area (Å²) in [7, 11) is 2.00. The van der Waals surface area contributed by atoms with Crippen LogP contribution >= 0.6 is 0 Å². The first-order valence-electron chi connectivity index (χ1n) is 12.1. The summed E-state index contributed by atoms with van der Waals surface area (Å²) in [5.74, 6) is 6.04. The van der Waals surface area contributed by atoms with Crippen LogP contribution in [0.1, 0.15) is 43.7 Å². The van der Waals surface area contributed by atoms with Gasteiger partial charge in [0, 0.05) is 56.5 Å². The van der Waals surface area contributed by atoms with Crippen molar-refractivity contribution < 1.29 is 18.0 Å². The molecule has 3 aromatic rings. The Bertz CT molecular complexity index is 1350. The number of piperazine rings is 1. The molecule has 1 saturated heterocycles. The second kappa shape index (κ2) is 11.2. The molecule has 8 heteroatoms. The minimum absolute atomic E-state index is 0.136. The number of nitrogen functional groups attached to an aromatic ring is 1. The number of anilines is 1. The van der Waals surface area contributed by atoms with Crippen LogP contribution in [0.4, 0.5) is 19.0 Å². The Morgan fingerprint density at radius 3 is 2.46 bits per heavy atom. The van der Waals surface area contributed by atoms with Crippen molar-refractivity contribution >= 4 is 11.6 Å². The summed E-state index contributed by atoms with van der Waals surface area (Å²) in [6.07, 6.45) is -3.06. The van der Waals surface area contributed by atoms with Crippen LogP contribution in [0.5, 0.6) is 0 Å². The average Bonchev–Trinajstić information content (AvgIpc) is 2.86. The third kappa shape index (κ3) is 6.76. The third-order valence-electron chi connectivity index (χ3n) is 6.56. The van der Waals surface area contributed by atoms with Crippen molar-refractivity contribution in [2.75, 3.05) is 39.0 Å². The number of aromatic nitrogens is 1. The maximum atomic E-state index is 13.9. The Balaban J connectivity index is 1.53. The van der Waals surface area contributed by atoms with E-state index in [4.69, 9.17) is 5.73 Å². The molecule has 1 aliphatic rings. The number of hydrogen-bond acceptors (Lipinski definition) is 5. The molecule has 2 heterocycles. The second-order valence-electron chi connectivity index (χ2n) is 9.38. The molecule has 0 radical (unpaired) electrons. The number of carbonyl (C=O) groups excluding carboxylic acids is 1. The number of nitrogens with zero attached hydrogens (tertiary/aromatic N) is 3. The second-order valence-corrected chi connectivity index (χ2v) is 9.38. The van der Waals surface area contributed by atoms with Crippen molar-refractivity contribution in [3.63, 3.8) is 0 Å². The van der Waals surface area contributed by atoms with Crippen LogP contribution in [0.15, 0.2) is 54.7 Å². The summed E-state index contributed by atoms with van der Waals surface area (Å²) in [4.78, 5) is 21.2. The zero-order chi connectivity index (χ0) is 26.6. The van der Waals surface area contributed by atoms with E-state index in [1.54, 1.807) is 42.6 Å². The number of likely N-dealkylation sites (N-methyl/N-ethyl adjacent to an activating group) is 1. The van der Waals surface area contributed by atoms with E-state index in [0.29, 0.717) is 28.1 Å². The van der Waals surface area contributed by atoms with Gasteiger partial charge in [-0.25, -0.2) is 4.98 Å². The van der Waals surface area contributed by atoms with Gasteiger partial charge in [-0.1, -0.05) is 36.1 Å². The highest BCUT2D eigenvalue weighted by Crippen LogP contribution is 2.34. The lowest BCUT2D eigenvalue weighted by atomic mass is 9.96. The van der Waals surface area contributed by atoms with Gasteiger partial charge in [0.2, 0.25) is 0 Å². The number of hydrogen-bond donors (Lipinski definition) is 1. The smallest absolute Gasteiger partial charge is 0.383 e. The van der Waals surface area contributed by atoms with Gasteiger partial charge in [-0.2, -0.15) is 13.2 Å². The fraction of sp³-hybridized carbons (Fsp3) is 0.310. The van der Waals surface area contributed by atoms with E-state index in [1.165, 1.54) is 6.07 Å². The molecule has 2 N–H and O–H groups in total. The predicted molar refractivity (Wildman–Crippen MR) is 138 cm³/mol. The zero-order valence-electron chi connectivity index (χ0n) is 20.9. The van der Waals surface area contributed by atoms with Gasteiger partial charge in [-0.05, 0) is 54.9 Å². The van der Waals surface area contributed by atoms with E-state index in [0.717, 1.165) is 37.8 Å². The Morgan fingerprint density at radius 1 is 1.03 bits per heavy atom. The molecule has 1 aliphatic heterocycles. The number of pyridine rings is 1. The van der Waals surface area contributed by atoms with Gasteiger partial charge < -0.3 is 10.6 Å². The van der Waals surface area contributed by atoms with Gasteiger partial charge in [-0.15, -0.1) is 0 Å². The zero-order valence-corrected chi connectivity index (χ0v) is 20.9. The van der Waals surface area contributed by atoms with Gasteiger partial charge in [0.05, 0.1) is 11.1 Å². The number of carbonyl (C=O) groups is 1. The quantitative estimate of drug-likeness (QED) is 0.406. The van der Waals surface area contributed by atoms with E-state index < -0.39 is 11.7 Å². The average molecular weight is 507 g/mol. The molecule has 1 aromatic heterocycles. The van der Waals surface area contributed by atoms with Gasteiger partial charge in [-0.3, -0.25) is 9.69 Å². The van der Waals surface area contributed by atoms with Crippen LogP contribution in [0.2, 0.25) is 0 Å². The summed E-state index contributed by atoms with van der Waals surface area (Å²) >= 11 is 0. The van der Waals surface area contributed by atoms with Crippen LogP contribution < -0.4 is 5.73 Å². The van der Waals surface area contributed by atoms with Gasteiger partial charge >= 0.3 is 6.18 Å². The molecule has 37 heavy (non-hydrogen) atoms. The highest BCUT2D eigenvalue weighted by Gasteiger charge is 2.34. The first-order chi connectivity index (χ1) is 17.6. The predicted octanol–water partition coefficient (Wildman–Crippen LogP) is 4.56. The molecule has 0 unspecified atom stereocenters. The minimum atomic E-state index is -4.50. The SMILES string of the molecule is Cc1ccc(C(=O)Cc2ccc(CN3CCN(C)CC3)c(C(F)(F)F)c2)cc1C#Cc1cccnc1N. The standard InChI is InChI=1S/C29H29F3N4O/c1-20-5-7-24(18-23(20)10-9-22-4-3-11-34-28(22)33)27(37)17-21-6-8-25(26(16-21)29(30,31)32)19-36-14-12-35(2)13-15-36/h3-8,11,16,18H,12-15,17,19H2,1-2H3,(H2,33,34). The molecular formula is C29H29F3N4O. The van der Waals surface area contributed by atoms with Gasteiger partial charge in [0.1, 0.15) is 5.82 Å². The number of nitrogens with two attached hydrogens (primary N) is 1. The molecule has 0 amide bonds. The monoisotopic (exact) mass is 506 g/mol. The largest absolute Gasteiger partial charge is 0.416 e. The highest BCUT2D eigenvalue weighted by molar-refractivity contribution is 5.98. The van der Waals surface area contributed by atoms with Crippen molar-refractivity contribution in [2.24, 2.45) is 0 Å². The maximum absolute atomic E-state index is 13.9. The molecule has 192 valence electrons. The number of alkyl halides is 3. The van der Waals surface area contributed by atoms with Crippen LogP contribution in [-0.4, -0.2) is 53.8 Å². The first-order valence-corrected chi connectivity index (χ1v) is 12.1. The summed E-state index contributed by atoms with van der Waals surface area (Å²) in [6.45, 7) is 5.21. The molecule has 5 nitrogen and oxygen atoms in total. The molecular weight excluding hydrogens is 477 g/mol. The van der Waals surface area contributed by atoms with Crippen molar-refractivity contribution in [1.82, 2.24) is 14.8 Å². The molecule has 0 bridgehead atoms. The van der Waals surface area contributed by atoms with Crippen molar-refractivity contribution in [1.29, 1.82) is 0 Å². The summed E-state index contributed by atoms with van der Waals surface area (Å²) < 4.78 is 41.7. The van der Waals surface area contributed by atoms with Gasteiger partial charge in [0.15, 0.2) is 5.78 Å². The number of rotatable bonds is 5. The Kier molecular flexibility index (Phi) is 7.96. The number of ketones is 1. The Morgan fingerprint density at radius 2 is 1.76 bits per heavy atom. The van der Waals surface area contributed by atoms with Crippen molar-refractivity contribution in [2.45, 2.75) is 26.1 Å². The van der Waals surface area contributed by atoms with E-state index in [-0.39, 0.29) is 24.3 Å². The molecule has 4 rings (SSSR count). The fourth-order valence-corrected chi connectivity index (χ4v) is 4.26. The molecule has 0 aliphatic carbocycles. The molecule has 0 saturated carbocycles. The first kappa shape index (κ1) is 26.4. The van der Waals surface area contributed by atoms with E-state index in [2.05, 4.69) is 21.7 Å². The number of halogens is 3. The lowest BCUT2D eigenvalue weighted by molar-refractivity contribution is -0.138. The third-order valence-corrected chi connectivity index (χ3v) is 6.56. The number of aryl methyl sites for hydroxylation is 1. The Hall–Kier alpha value is -3.67. The van der Waals surface area contributed by atoms with Crippen LogP contribution in [0, 0.1) is 18.8 Å². The molecule has 0 atom stereocenters. The number of Topliss-reactive ketones (excluding diaryl/α,β-unsaturated/α-hetero) is 1. The normalized spacial score (nSPS) is 14.7. The van der Waals surface area contributed by atoms with Crippen LogP contribution in [0.25, 0.3) is 0 Å². The molecule has 0 spiro atoms. The van der Waals surface area contributed by atoms with Gasteiger partial charge in [0.25, 0.3) is 0 Å². The fourth-order valence-electron chi connectivity index (χ4n) is 4.26. The van der Waals surface area contributed by atoms with E-state index in [1.807, 2.05) is 18.9 Å². The van der Waals surface area contributed by atoms with Crippen molar-refractivity contribution in [3.05, 3.63) is 93.7 Å². The highest BCUT2D eigenvalue weighted by atomic mass is 19.4. The Labute approximate surface area is 215 Å². The van der Waals surface area contributed by atoms with Crippen molar-refractivity contribution in [3.8, 4) is 11.8 Å². The minimum Gasteiger partial charge on any atom is -0.383 e. The topological polar surface area (TPSA) is 62.5 Å². The maximum Gasteiger partial charge on any atom is 0.416 e. The summed E-state index contributed by atoms with van der Waals surface area (Å²) in [6, 6.07) is 12.9. The summed E-state index contributed by atoms with van der Waals surface area (Å²) in [5, 5.41) is 0. The van der Waals surface area contributed by atoms with Crippen LogP contribution in [0.3, 0.4) is 0 Å². The van der Waals surface area contributed by atoms with E-state index in [9.17, 15) is 18.0 Å². The molecule has 2 aromatic carbocycles.